The number of fused-ring (bicyclic) bond motifs is 2. The topological polar surface area (TPSA) is 12.5 Å². The van der Waals surface area contributed by atoms with E-state index in [0.29, 0.717) is 17.9 Å². The van der Waals surface area contributed by atoms with Gasteiger partial charge in [-0.3, -0.25) is 4.90 Å². The van der Waals surface area contributed by atoms with E-state index in [1.54, 1.807) is 7.11 Å². The van der Waals surface area contributed by atoms with Crippen molar-refractivity contribution in [1.29, 1.82) is 0 Å². The van der Waals surface area contributed by atoms with Crippen LogP contribution >= 0.6 is 12.4 Å². The van der Waals surface area contributed by atoms with E-state index in [9.17, 15) is 0 Å². The van der Waals surface area contributed by atoms with Gasteiger partial charge in [-0.25, -0.2) is 0 Å². The van der Waals surface area contributed by atoms with Crippen LogP contribution in [0, 0.1) is 6.92 Å². The second-order valence-electron chi connectivity index (χ2n) is 7.52. The van der Waals surface area contributed by atoms with Crippen LogP contribution < -0.4 is 4.74 Å². The van der Waals surface area contributed by atoms with Crippen LogP contribution in [0.5, 0.6) is 5.75 Å². The molecule has 4 atom stereocenters. The van der Waals surface area contributed by atoms with Crippen molar-refractivity contribution in [1.82, 2.24) is 4.90 Å². The van der Waals surface area contributed by atoms with E-state index in [1.807, 2.05) is 0 Å². The highest BCUT2D eigenvalue weighted by Crippen LogP contribution is 2.50. The molecule has 0 saturated carbocycles. The number of benzene rings is 2. The van der Waals surface area contributed by atoms with Crippen LogP contribution in [0.15, 0.2) is 48.5 Å². The van der Waals surface area contributed by atoms with Crippen molar-refractivity contribution in [2.45, 2.75) is 50.1 Å². The Labute approximate surface area is 157 Å². The molecule has 0 unspecified atom stereocenters. The maximum atomic E-state index is 5.35. The minimum absolute atomic E-state index is 0. The van der Waals surface area contributed by atoms with Gasteiger partial charge in [0.05, 0.1) is 7.11 Å². The standard InChI is InChI=1S/C22H27NO.ClH/c1-15-4-6-16(7-5-15)20-14-18-10-13-21(23(18)2)22(20)17-8-11-19(24-3)12-9-17;/h4-9,11-12,18,20-22H,10,13-14H2,1-3H3;1H/t18-,20-,21+,22+;/m0./s1. The first-order valence-electron chi connectivity index (χ1n) is 9.10. The smallest absolute Gasteiger partial charge is 0.118 e. The molecule has 2 heterocycles. The SMILES string of the molecule is COc1ccc([C@H]2[C@H]3CC[C@@H](C[C@H]2c2ccc(C)cc2)N3C)cc1.Cl. The lowest BCUT2D eigenvalue weighted by atomic mass is 9.72. The van der Waals surface area contributed by atoms with Crippen LogP contribution in [-0.4, -0.2) is 31.1 Å². The molecule has 0 aromatic heterocycles. The third-order valence-electron chi connectivity index (χ3n) is 6.27. The summed E-state index contributed by atoms with van der Waals surface area (Å²) >= 11 is 0. The van der Waals surface area contributed by atoms with E-state index in [2.05, 4.69) is 67.4 Å². The van der Waals surface area contributed by atoms with Gasteiger partial charge in [-0.15, -0.1) is 12.4 Å². The summed E-state index contributed by atoms with van der Waals surface area (Å²) in [5, 5.41) is 0. The van der Waals surface area contributed by atoms with Crippen molar-refractivity contribution in [3.05, 3.63) is 65.2 Å². The number of likely N-dealkylation sites (N-methyl/N-ethyl adjacent to an activating group) is 1. The van der Waals surface area contributed by atoms with E-state index in [-0.39, 0.29) is 12.4 Å². The Balaban J connectivity index is 0.00000182. The molecule has 134 valence electrons. The predicted molar refractivity (Wildman–Crippen MR) is 106 cm³/mol. The summed E-state index contributed by atoms with van der Waals surface area (Å²) < 4.78 is 5.35. The zero-order chi connectivity index (χ0) is 16.7. The van der Waals surface area contributed by atoms with Crippen molar-refractivity contribution >= 4 is 12.4 Å². The molecule has 2 bridgehead atoms. The molecule has 4 rings (SSSR count). The van der Waals surface area contributed by atoms with Crippen LogP contribution in [0.2, 0.25) is 0 Å². The average molecular weight is 358 g/mol. The van der Waals surface area contributed by atoms with Crippen molar-refractivity contribution in [3.63, 3.8) is 0 Å². The van der Waals surface area contributed by atoms with Gasteiger partial charge in [0, 0.05) is 18.0 Å². The first-order valence-corrected chi connectivity index (χ1v) is 9.10. The third-order valence-corrected chi connectivity index (χ3v) is 6.27. The zero-order valence-electron chi connectivity index (χ0n) is 15.3. The van der Waals surface area contributed by atoms with Gasteiger partial charge in [-0.05, 0) is 62.4 Å². The Morgan fingerprint density at radius 2 is 1.56 bits per heavy atom. The number of aryl methyl sites for hydroxylation is 1. The van der Waals surface area contributed by atoms with Gasteiger partial charge < -0.3 is 4.74 Å². The number of piperidine rings is 1. The van der Waals surface area contributed by atoms with Crippen LogP contribution in [0.25, 0.3) is 0 Å². The zero-order valence-corrected chi connectivity index (χ0v) is 16.1. The minimum Gasteiger partial charge on any atom is -0.497 e. The molecule has 0 radical (unpaired) electrons. The van der Waals surface area contributed by atoms with Gasteiger partial charge in [0.1, 0.15) is 5.75 Å². The molecule has 2 aromatic carbocycles. The number of hydrogen-bond acceptors (Lipinski definition) is 2. The molecular formula is C22H28ClNO. The summed E-state index contributed by atoms with van der Waals surface area (Å²) in [6, 6.07) is 19.4. The molecule has 3 heteroatoms. The van der Waals surface area contributed by atoms with Crippen molar-refractivity contribution in [2.75, 3.05) is 14.2 Å². The van der Waals surface area contributed by atoms with E-state index in [0.717, 1.165) is 11.8 Å². The quantitative estimate of drug-likeness (QED) is 0.752. The fourth-order valence-electron chi connectivity index (χ4n) is 4.90. The molecule has 0 spiro atoms. The maximum absolute atomic E-state index is 5.35. The Hall–Kier alpha value is -1.51. The molecule has 2 aromatic rings. The Morgan fingerprint density at radius 1 is 0.920 bits per heavy atom. The highest BCUT2D eigenvalue weighted by Gasteiger charge is 2.46. The van der Waals surface area contributed by atoms with Crippen LogP contribution in [0.4, 0.5) is 0 Å². The molecule has 25 heavy (non-hydrogen) atoms. The highest BCUT2D eigenvalue weighted by atomic mass is 35.5. The van der Waals surface area contributed by atoms with E-state index in [1.165, 1.54) is 36.0 Å². The predicted octanol–water partition coefficient (Wildman–Crippen LogP) is 5.16. The second-order valence-corrected chi connectivity index (χ2v) is 7.52. The Kier molecular flexibility index (Phi) is 5.41. The Bertz CT molecular complexity index is 697. The van der Waals surface area contributed by atoms with Crippen molar-refractivity contribution in [3.8, 4) is 5.75 Å². The number of halogens is 1. The molecule has 2 aliphatic rings. The lowest BCUT2D eigenvalue weighted by molar-refractivity contribution is 0.137. The average Bonchev–Trinajstić information content (AvgIpc) is 2.85. The molecule has 2 aliphatic heterocycles. The van der Waals surface area contributed by atoms with Gasteiger partial charge in [-0.2, -0.15) is 0 Å². The number of hydrogen-bond donors (Lipinski definition) is 0. The fourth-order valence-corrected chi connectivity index (χ4v) is 4.90. The first-order chi connectivity index (χ1) is 11.7. The van der Waals surface area contributed by atoms with E-state index >= 15 is 0 Å². The third kappa shape index (κ3) is 3.30. The van der Waals surface area contributed by atoms with Gasteiger partial charge in [0.15, 0.2) is 0 Å². The van der Waals surface area contributed by atoms with E-state index in [4.69, 9.17) is 4.74 Å². The largest absolute Gasteiger partial charge is 0.497 e. The van der Waals surface area contributed by atoms with E-state index < -0.39 is 0 Å². The molecular weight excluding hydrogens is 330 g/mol. The summed E-state index contributed by atoms with van der Waals surface area (Å²) in [5.74, 6) is 2.13. The fraction of sp³-hybridized carbons (Fsp3) is 0.455. The summed E-state index contributed by atoms with van der Waals surface area (Å²) in [5.41, 5.74) is 4.31. The molecule has 0 amide bonds. The summed E-state index contributed by atoms with van der Waals surface area (Å²) in [4.78, 5) is 2.64. The van der Waals surface area contributed by atoms with Crippen LogP contribution in [0.1, 0.15) is 47.8 Å². The molecule has 2 saturated heterocycles. The van der Waals surface area contributed by atoms with Crippen molar-refractivity contribution < 1.29 is 4.74 Å². The number of nitrogens with zero attached hydrogens (tertiary/aromatic N) is 1. The molecule has 0 aliphatic carbocycles. The summed E-state index contributed by atoms with van der Waals surface area (Å²) in [7, 11) is 4.06. The second kappa shape index (κ2) is 7.39. The molecule has 2 nitrogen and oxygen atoms in total. The van der Waals surface area contributed by atoms with Crippen molar-refractivity contribution in [2.24, 2.45) is 0 Å². The maximum Gasteiger partial charge on any atom is 0.118 e. The lowest BCUT2D eigenvalue weighted by Crippen LogP contribution is -2.44. The lowest BCUT2D eigenvalue weighted by Gasteiger charge is -2.43. The van der Waals surface area contributed by atoms with Gasteiger partial charge in [0.25, 0.3) is 0 Å². The monoisotopic (exact) mass is 357 g/mol. The first kappa shape index (κ1) is 18.3. The molecule has 2 fully saturated rings. The molecule has 0 N–H and O–H groups in total. The van der Waals surface area contributed by atoms with Crippen LogP contribution in [-0.2, 0) is 0 Å². The summed E-state index contributed by atoms with van der Waals surface area (Å²) in [6.45, 7) is 2.17. The number of ether oxygens (including phenoxy) is 1. The number of methoxy groups -OCH3 is 1. The summed E-state index contributed by atoms with van der Waals surface area (Å²) in [6.07, 6.45) is 3.93. The van der Waals surface area contributed by atoms with Crippen LogP contribution in [0.3, 0.4) is 0 Å². The normalized spacial score (nSPS) is 28.4. The van der Waals surface area contributed by atoms with Gasteiger partial charge >= 0.3 is 0 Å². The minimum atomic E-state index is 0. The van der Waals surface area contributed by atoms with Gasteiger partial charge in [-0.1, -0.05) is 42.0 Å². The van der Waals surface area contributed by atoms with Gasteiger partial charge in [0.2, 0.25) is 0 Å². The highest BCUT2D eigenvalue weighted by molar-refractivity contribution is 5.85. The number of rotatable bonds is 3. The Morgan fingerprint density at radius 3 is 2.20 bits per heavy atom.